The molecule has 1 heterocycles. The van der Waals surface area contributed by atoms with Crippen LogP contribution in [0.1, 0.15) is 22.5 Å². The lowest BCUT2D eigenvalue weighted by Gasteiger charge is -2.13. The summed E-state index contributed by atoms with van der Waals surface area (Å²) < 4.78 is 8.27. The third kappa shape index (κ3) is 5.74. The molecule has 0 aliphatic carbocycles. The van der Waals surface area contributed by atoms with Crippen molar-refractivity contribution in [1.82, 2.24) is 14.9 Å². The van der Waals surface area contributed by atoms with Gasteiger partial charge in [-0.05, 0) is 60.9 Å². The van der Waals surface area contributed by atoms with Gasteiger partial charge in [0.1, 0.15) is 18.2 Å². The highest BCUT2D eigenvalue weighted by molar-refractivity contribution is 6.30. The van der Waals surface area contributed by atoms with Crippen LogP contribution in [-0.2, 0) is 24.2 Å². The number of hydrogen-bond donors (Lipinski definition) is 1. The van der Waals surface area contributed by atoms with Crippen LogP contribution in [0.2, 0.25) is 5.02 Å². The minimum absolute atomic E-state index is 0.0155. The van der Waals surface area contributed by atoms with Gasteiger partial charge in [0.15, 0.2) is 0 Å². The molecule has 0 unspecified atom stereocenters. The second-order valence-electron chi connectivity index (χ2n) is 8.12. The molecule has 0 fully saturated rings. The number of para-hydroxylation sites is 2. The number of carbonyl (C=O) groups excluding carboxylic acids is 1. The number of halogens is 1. The van der Waals surface area contributed by atoms with Crippen LogP contribution >= 0.6 is 11.6 Å². The van der Waals surface area contributed by atoms with Gasteiger partial charge in [0.2, 0.25) is 5.91 Å². The molecule has 5 nitrogen and oxygen atoms in total. The van der Waals surface area contributed by atoms with Crippen LogP contribution < -0.4 is 10.1 Å². The summed E-state index contributed by atoms with van der Waals surface area (Å²) in [5.41, 5.74) is 5.34. The maximum Gasteiger partial charge on any atom is 0.224 e. The minimum atomic E-state index is -0.0155. The first-order valence-corrected chi connectivity index (χ1v) is 11.5. The summed E-state index contributed by atoms with van der Waals surface area (Å²) in [6, 6.07) is 21.5. The van der Waals surface area contributed by atoms with E-state index in [-0.39, 0.29) is 5.91 Å². The molecular weight excluding hydrogens is 434 g/mol. The fourth-order valence-electron chi connectivity index (χ4n) is 3.86. The van der Waals surface area contributed by atoms with Crippen LogP contribution in [0, 0.1) is 13.8 Å². The van der Waals surface area contributed by atoms with Gasteiger partial charge in [-0.2, -0.15) is 0 Å². The molecule has 0 spiro atoms. The van der Waals surface area contributed by atoms with Crippen molar-refractivity contribution in [2.75, 3.05) is 13.2 Å². The molecule has 33 heavy (non-hydrogen) atoms. The summed E-state index contributed by atoms with van der Waals surface area (Å²) in [6.45, 7) is 5.91. The summed E-state index contributed by atoms with van der Waals surface area (Å²) in [6.07, 6.45) is 0.974. The molecule has 4 aromatic rings. The summed E-state index contributed by atoms with van der Waals surface area (Å²) in [4.78, 5) is 17.1. The normalized spacial score (nSPS) is 11.0. The van der Waals surface area contributed by atoms with E-state index in [0.717, 1.165) is 33.7 Å². The number of rotatable bonds is 9. The lowest BCUT2D eigenvalue weighted by molar-refractivity contribution is -0.120. The first-order chi connectivity index (χ1) is 16.0. The molecule has 1 aromatic heterocycles. The number of imidazole rings is 1. The third-order valence-corrected chi connectivity index (χ3v) is 6.06. The zero-order valence-electron chi connectivity index (χ0n) is 19.0. The molecular formula is C27H28ClN3O2. The van der Waals surface area contributed by atoms with Crippen LogP contribution in [0.5, 0.6) is 5.75 Å². The molecule has 0 aliphatic heterocycles. The summed E-state index contributed by atoms with van der Waals surface area (Å²) >= 11 is 5.91. The third-order valence-electron chi connectivity index (χ3n) is 5.81. The number of ether oxygens (including phenoxy) is 1. The summed E-state index contributed by atoms with van der Waals surface area (Å²) in [7, 11) is 0. The van der Waals surface area contributed by atoms with Crippen molar-refractivity contribution >= 4 is 28.5 Å². The van der Waals surface area contributed by atoms with E-state index in [0.29, 0.717) is 37.6 Å². The van der Waals surface area contributed by atoms with Gasteiger partial charge < -0.3 is 14.6 Å². The van der Waals surface area contributed by atoms with Gasteiger partial charge in [-0.1, -0.05) is 48.0 Å². The van der Waals surface area contributed by atoms with Gasteiger partial charge in [0.05, 0.1) is 24.0 Å². The van der Waals surface area contributed by atoms with Gasteiger partial charge >= 0.3 is 0 Å². The zero-order valence-corrected chi connectivity index (χ0v) is 19.7. The molecule has 1 amide bonds. The lowest BCUT2D eigenvalue weighted by Crippen LogP contribution is -2.28. The molecule has 1 N–H and O–H groups in total. The first kappa shape index (κ1) is 22.9. The number of nitrogens with zero attached hydrogens (tertiary/aromatic N) is 2. The minimum Gasteiger partial charge on any atom is -0.491 e. The number of aryl methyl sites for hydroxylation is 1. The zero-order chi connectivity index (χ0) is 23.2. The van der Waals surface area contributed by atoms with Crippen molar-refractivity contribution in [1.29, 1.82) is 0 Å². The van der Waals surface area contributed by atoms with Crippen molar-refractivity contribution in [2.45, 2.75) is 33.2 Å². The smallest absolute Gasteiger partial charge is 0.224 e. The van der Waals surface area contributed by atoms with Gasteiger partial charge in [0, 0.05) is 18.0 Å². The Morgan fingerprint density at radius 2 is 1.82 bits per heavy atom. The molecule has 0 bridgehead atoms. The number of benzene rings is 3. The Kier molecular flexibility index (Phi) is 7.30. The average Bonchev–Trinajstić information content (AvgIpc) is 3.15. The standard InChI is InChI=1S/C27H28ClN3O2/c1-19-6-5-9-25(20(19)2)33-17-16-31-24-8-4-3-7-23(24)30-26(31)14-15-29-27(32)18-21-10-12-22(28)13-11-21/h3-13H,14-18H2,1-2H3,(H,29,32). The van der Waals surface area contributed by atoms with Crippen molar-refractivity contribution in [3.63, 3.8) is 0 Å². The number of carbonyl (C=O) groups is 1. The van der Waals surface area contributed by atoms with Gasteiger partial charge in [-0.3, -0.25) is 4.79 Å². The number of hydrogen-bond acceptors (Lipinski definition) is 3. The predicted molar refractivity (Wildman–Crippen MR) is 133 cm³/mol. The fraction of sp³-hybridized carbons (Fsp3) is 0.259. The van der Waals surface area contributed by atoms with E-state index in [1.165, 1.54) is 5.56 Å². The predicted octanol–water partition coefficient (Wildman–Crippen LogP) is 5.29. The Hall–Kier alpha value is -3.31. The van der Waals surface area contributed by atoms with Crippen molar-refractivity contribution in [3.8, 4) is 5.75 Å². The van der Waals surface area contributed by atoms with Crippen LogP contribution in [-0.4, -0.2) is 28.6 Å². The molecule has 0 aliphatic rings. The molecule has 6 heteroatoms. The van der Waals surface area contributed by atoms with E-state index in [9.17, 15) is 4.79 Å². The molecule has 0 saturated carbocycles. The van der Waals surface area contributed by atoms with Crippen molar-refractivity contribution in [2.24, 2.45) is 0 Å². The van der Waals surface area contributed by atoms with Crippen molar-refractivity contribution in [3.05, 3.63) is 94.3 Å². The fourth-order valence-corrected chi connectivity index (χ4v) is 3.98. The quantitative estimate of drug-likeness (QED) is 0.368. The molecule has 170 valence electrons. The number of nitrogens with one attached hydrogen (secondary N) is 1. The van der Waals surface area contributed by atoms with E-state index in [4.69, 9.17) is 21.3 Å². The van der Waals surface area contributed by atoms with Gasteiger partial charge in [0.25, 0.3) is 0 Å². The van der Waals surface area contributed by atoms with E-state index in [2.05, 4.69) is 35.9 Å². The highest BCUT2D eigenvalue weighted by Gasteiger charge is 2.12. The molecule has 0 radical (unpaired) electrons. The molecule has 0 saturated heterocycles. The van der Waals surface area contributed by atoms with Gasteiger partial charge in [-0.25, -0.2) is 4.98 Å². The second kappa shape index (κ2) is 10.5. The highest BCUT2D eigenvalue weighted by atomic mass is 35.5. The number of amides is 1. The largest absolute Gasteiger partial charge is 0.491 e. The van der Waals surface area contributed by atoms with Crippen LogP contribution in [0.4, 0.5) is 0 Å². The summed E-state index contributed by atoms with van der Waals surface area (Å²) in [5, 5.41) is 3.67. The molecule has 4 rings (SSSR count). The average molecular weight is 462 g/mol. The Morgan fingerprint density at radius 1 is 1.03 bits per heavy atom. The monoisotopic (exact) mass is 461 g/mol. The Labute approximate surface area is 199 Å². The van der Waals surface area contributed by atoms with E-state index in [1.807, 2.05) is 42.5 Å². The lowest BCUT2D eigenvalue weighted by atomic mass is 10.1. The summed E-state index contributed by atoms with van der Waals surface area (Å²) in [5.74, 6) is 1.83. The highest BCUT2D eigenvalue weighted by Crippen LogP contribution is 2.21. The Bertz CT molecular complexity index is 1250. The Balaban J connectivity index is 1.38. The number of aromatic nitrogens is 2. The van der Waals surface area contributed by atoms with Crippen molar-refractivity contribution < 1.29 is 9.53 Å². The first-order valence-electron chi connectivity index (χ1n) is 11.2. The molecule has 3 aromatic carbocycles. The Morgan fingerprint density at radius 3 is 2.64 bits per heavy atom. The van der Waals surface area contributed by atoms with E-state index in [1.54, 1.807) is 12.1 Å². The topological polar surface area (TPSA) is 56.1 Å². The van der Waals surface area contributed by atoms with Gasteiger partial charge in [-0.15, -0.1) is 0 Å². The van der Waals surface area contributed by atoms with Crippen LogP contribution in [0.3, 0.4) is 0 Å². The van der Waals surface area contributed by atoms with E-state index >= 15 is 0 Å². The maximum absolute atomic E-state index is 12.3. The maximum atomic E-state index is 12.3. The SMILES string of the molecule is Cc1cccc(OCCn2c(CCNC(=O)Cc3ccc(Cl)cc3)nc3ccccc32)c1C. The van der Waals surface area contributed by atoms with Crippen LogP contribution in [0.25, 0.3) is 11.0 Å². The second-order valence-corrected chi connectivity index (χ2v) is 8.55. The van der Waals surface area contributed by atoms with Crippen LogP contribution in [0.15, 0.2) is 66.7 Å². The number of fused-ring (bicyclic) bond motifs is 1. The van der Waals surface area contributed by atoms with E-state index < -0.39 is 0 Å². The molecule has 0 atom stereocenters.